The zero-order valence-electron chi connectivity index (χ0n) is 13.9. The minimum atomic E-state index is -1.19. The van der Waals surface area contributed by atoms with Gasteiger partial charge in [0, 0.05) is 25.1 Å². The van der Waals surface area contributed by atoms with E-state index in [4.69, 9.17) is 0 Å². The van der Waals surface area contributed by atoms with E-state index in [1.165, 1.54) is 42.9 Å². The van der Waals surface area contributed by atoms with Gasteiger partial charge in [0.2, 0.25) is 0 Å². The van der Waals surface area contributed by atoms with Crippen LogP contribution < -0.4 is 10.5 Å². The highest BCUT2D eigenvalue weighted by atomic mass is 28.3. The van der Waals surface area contributed by atoms with Crippen molar-refractivity contribution in [3.63, 3.8) is 0 Å². The first-order valence-corrected chi connectivity index (χ1v) is 11.9. The smallest absolute Gasteiger partial charge is 0.0775 e. The lowest BCUT2D eigenvalue weighted by molar-refractivity contribution is 0.0810. The number of hydrogen-bond donors (Lipinski definition) is 2. The lowest BCUT2D eigenvalue weighted by atomic mass is 9.74. The molecule has 118 valence electrons. The van der Waals surface area contributed by atoms with E-state index in [9.17, 15) is 5.11 Å². The molecule has 0 radical (unpaired) electrons. The second-order valence-electron chi connectivity index (χ2n) is 7.77. The number of aliphatic hydroxyl groups is 1. The number of aliphatic hydroxyl groups excluding tert-OH is 1. The van der Waals surface area contributed by atoms with E-state index in [0.29, 0.717) is 6.61 Å². The average molecular weight is 306 g/mol. The normalized spacial score (nSPS) is 18.7. The highest BCUT2D eigenvalue weighted by molar-refractivity contribution is 6.88. The molecule has 0 saturated heterocycles. The molecule has 1 saturated carbocycles. The zero-order chi connectivity index (χ0) is 15.3. The van der Waals surface area contributed by atoms with Crippen molar-refractivity contribution in [2.75, 3.05) is 13.2 Å². The standard InChI is InChI=1S/C18H31NOSi/c1-21(2,3)17-9-7-16(8-10-17)13-19-14-18(15-20)11-5-4-6-12-18/h7-10,19-20H,4-6,11-15H2,1-3H3. The second kappa shape index (κ2) is 7.08. The lowest BCUT2D eigenvalue weighted by Crippen LogP contribution is -2.39. The number of hydrogen-bond acceptors (Lipinski definition) is 2. The third-order valence-electron chi connectivity index (χ3n) is 4.90. The topological polar surface area (TPSA) is 32.3 Å². The molecule has 0 bridgehead atoms. The molecule has 0 amide bonds. The van der Waals surface area contributed by atoms with E-state index in [0.717, 1.165) is 13.1 Å². The van der Waals surface area contributed by atoms with Crippen molar-refractivity contribution in [1.29, 1.82) is 0 Å². The molecule has 2 rings (SSSR count). The van der Waals surface area contributed by atoms with Gasteiger partial charge >= 0.3 is 0 Å². The quantitative estimate of drug-likeness (QED) is 0.791. The fourth-order valence-electron chi connectivity index (χ4n) is 3.29. The fourth-order valence-corrected chi connectivity index (χ4v) is 4.45. The van der Waals surface area contributed by atoms with Gasteiger partial charge in [0.25, 0.3) is 0 Å². The predicted octanol–water partition coefficient (Wildman–Crippen LogP) is 3.26. The largest absolute Gasteiger partial charge is 0.396 e. The summed E-state index contributed by atoms with van der Waals surface area (Å²) in [5.41, 5.74) is 1.48. The molecule has 0 heterocycles. The van der Waals surface area contributed by atoms with Crippen molar-refractivity contribution in [2.24, 2.45) is 5.41 Å². The highest BCUT2D eigenvalue weighted by Crippen LogP contribution is 2.35. The third-order valence-corrected chi connectivity index (χ3v) is 6.96. The van der Waals surface area contributed by atoms with Crippen molar-refractivity contribution in [3.05, 3.63) is 29.8 Å². The van der Waals surface area contributed by atoms with Gasteiger partial charge in [0.05, 0.1) is 8.07 Å². The minimum absolute atomic E-state index is 0.135. The molecule has 1 aliphatic rings. The molecular formula is C18H31NOSi. The van der Waals surface area contributed by atoms with Crippen LogP contribution >= 0.6 is 0 Å². The summed E-state index contributed by atoms with van der Waals surface area (Å²) in [6, 6.07) is 9.11. The van der Waals surface area contributed by atoms with Gasteiger partial charge in [-0.1, -0.05) is 68.4 Å². The number of rotatable bonds is 6. The van der Waals surface area contributed by atoms with Crippen LogP contribution in [-0.2, 0) is 6.54 Å². The maximum atomic E-state index is 9.73. The number of nitrogens with one attached hydrogen (secondary N) is 1. The van der Waals surface area contributed by atoms with Crippen molar-refractivity contribution < 1.29 is 5.11 Å². The predicted molar refractivity (Wildman–Crippen MR) is 93.7 cm³/mol. The summed E-state index contributed by atoms with van der Waals surface area (Å²) in [6.45, 7) is 9.33. The summed E-state index contributed by atoms with van der Waals surface area (Å²) < 4.78 is 0. The Morgan fingerprint density at radius 3 is 2.19 bits per heavy atom. The van der Waals surface area contributed by atoms with Gasteiger partial charge in [0.1, 0.15) is 0 Å². The Morgan fingerprint density at radius 2 is 1.67 bits per heavy atom. The molecule has 1 aromatic carbocycles. The average Bonchev–Trinajstić information content (AvgIpc) is 2.48. The van der Waals surface area contributed by atoms with Crippen LogP contribution in [-0.4, -0.2) is 26.3 Å². The maximum absolute atomic E-state index is 9.73. The van der Waals surface area contributed by atoms with E-state index in [1.54, 1.807) is 0 Å². The van der Waals surface area contributed by atoms with E-state index in [1.807, 2.05) is 0 Å². The molecule has 1 aromatic rings. The monoisotopic (exact) mass is 305 g/mol. The summed E-state index contributed by atoms with van der Waals surface area (Å²) in [5, 5.41) is 14.8. The van der Waals surface area contributed by atoms with Crippen LogP contribution in [0.5, 0.6) is 0 Å². The lowest BCUT2D eigenvalue weighted by Gasteiger charge is -2.35. The molecule has 0 unspecified atom stereocenters. The molecule has 1 fully saturated rings. The Kier molecular flexibility index (Phi) is 5.64. The molecule has 1 aliphatic carbocycles. The van der Waals surface area contributed by atoms with Gasteiger partial charge in [0.15, 0.2) is 0 Å². The minimum Gasteiger partial charge on any atom is -0.396 e. The highest BCUT2D eigenvalue weighted by Gasteiger charge is 2.30. The first-order chi connectivity index (χ1) is 9.95. The first-order valence-electron chi connectivity index (χ1n) is 8.36. The summed E-state index contributed by atoms with van der Waals surface area (Å²) in [4.78, 5) is 0. The molecule has 0 aliphatic heterocycles. The zero-order valence-corrected chi connectivity index (χ0v) is 14.9. The van der Waals surface area contributed by atoms with E-state index >= 15 is 0 Å². The molecular weight excluding hydrogens is 274 g/mol. The Bertz CT molecular complexity index is 430. The van der Waals surface area contributed by atoms with Crippen LogP contribution in [0.25, 0.3) is 0 Å². The second-order valence-corrected chi connectivity index (χ2v) is 12.8. The summed E-state index contributed by atoms with van der Waals surface area (Å²) >= 11 is 0. The van der Waals surface area contributed by atoms with Crippen molar-refractivity contribution >= 4 is 13.3 Å². The van der Waals surface area contributed by atoms with E-state index in [2.05, 4.69) is 49.2 Å². The van der Waals surface area contributed by atoms with E-state index < -0.39 is 8.07 Å². The van der Waals surface area contributed by atoms with Crippen LogP contribution in [0.4, 0.5) is 0 Å². The van der Waals surface area contributed by atoms with Gasteiger partial charge in [-0.2, -0.15) is 0 Å². The van der Waals surface area contributed by atoms with Crippen LogP contribution in [0.1, 0.15) is 37.7 Å². The molecule has 0 aromatic heterocycles. The molecule has 3 heteroatoms. The van der Waals surface area contributed by atoms with E-state index in [-0.39, 0.29) is 5.41 Å². The molecule has 0 atom stereocenters. The number of benzene rings is 1. The Labute approximate surface area is 131 Å². The Balaban J connectivity index is 1.85. The van der Waals surface area contributed by atoms with Crippen LogP contribution in [0.2, 0.25) is 19.6 Å². The summed E-state index contributed by atoms with van der Waals surface area (Å²) in [7, 11) is -1.19. The molecule has 21 heavy (non-hydrogen) atoms. The summed E-state index contributed by atoms with van der Waals surface area (Å²) in [6.07, 6.45) is 6.22. The van der Waals surface area contributed by atoms with Crippen molar-refractivity contribution in [1.82, 2.24) is 5.32 Å². The van der Waals surface area contributed by atoms with Crippen LogP contribution in [0.15, 0.2) is 24.3 Å². The maximum Gasteiger partial charge on any atom is 0.0775 e. The molecule has 2 nitrogen and oxygen atoms in total. The Morgan fingerprint density at radius 1 is 1.05 bits per heavy atom. The van der Waals surface area contributed by atoms with Crippen LogP contribution in [0, 0.1) is 5.41 Å². The van der Waals surface area contributed by atoms with Gasteiger partial charge in [-0.15, -0.1) is 0 Å². The first kappa shape index (κ1) is 16.7. The molecule has 2 N–H and O–H groups in total. The fraction of sp³-hybridized carbons (Fsp3) is 0.667. The van der Waals surface area contributed by atoms with Crippen LogP contribution in [0.3, 0.4) is 0 Å². The van der Waals surface area contributed by atoms with Gasteiger partial charge < -0.3 is 10.4 Å². The van der Waals surface area contributed by atoms with Crippen molar-refractivity contribution in [3.8, 4) is 0 Å². The van der Waals surface area contributed by atoms with Gasteiger partial charge in [-0.05, 0) is 18.4 Å². The third kappa shape index (κ3) is 4.66. The van der Waals surface area contributed by atoms with Gasteiger partial charge in [-0.3, -0.25) is 0 Å². The SMILES string of the molecule is C[Si](C)(C)c1ccc(CNCC2(CO)CCCCC2)cc1. The Hall–Kier alpha value is -0.643. The molecule has 0 spiro atoms. The van der Waals surface area contributed by atoms with Crippen molar-refractivity contribution in [2.45, 2.75) is 58.3 Å². The van der Waals surface area contributed by atoms with Gasteiger partial charge in [-0.25, -0.2) is 0 Å². The summed E-state index contributed by atoms with van der Waals surface area (Å²) in [5.74, 6) is 0.